The second-order valence-corrected chi connectivity index (χ2v) is 12.7. The molecule has 0 bridgehead atoms. The molecule has 44 heavy (non-hydrogen) atoms. The zero-order valence-electron chi connectivity index (χ0n) is 25.2. The van der Waals surface area contributed by atoms with E-state index in [-0.39, 0.29) is 0 Å². The van der Waals surface area contributed by atoms with Gasteiger partial charge in [0.15, 0.2) is 0 Å². The lowest BCUT2D eigenvalue weighted by atomic mass is 10.1. The molecule has 0 aliphatic carbocycles. The Bertz CT molecular complexity index is 1770. The maximum atomic E-state index is 12.4. The van der Waals surface area contributed by atoms with Gasteiger partial charge < -0.3 is 4.57 Å². The predicted molar refractivity (Wildman–Crippen MR) is 176 cm³/mol. The van der Waals surface area contributed by atoms with Crippen LogP contribution in [0.4, 0.5) is 0 Å². The zero-order chi connectivity index (χ0) is 30.9. The van der Waals surface area contributed by atoms with E-state index in [4.69, 9.17) is 4.98 Å². The third-order valence-electron chi connectivity index (χ3n) is 7.41. The van der Waals surface area contributed by atoms with Crippen molar-refractivity contribution in [2.75, 3.05) is 6.26 Å². The second kappa shape index (κ2) is 14.3. The molecule has 0 saturated carbocycles. The average Bonchev–Trinajstić information content (AvgIpc) is 3.38. The fourth-order valence-electron chi connectivity index (χ4n) is 5.31. The molecule has 5 aromatic rings. The Hall–Kier alpha value is -4.53. The molecular weight excluding hydrogens is 568 g/mol. The first-order valence-electron chi connectivity index (χ1n) is 14.9. The van der Waals surface area contributed by atoms with Gasteiger partial charge in [-0.2, -0.15) is 0 Å². The van der Waals surface area contributed by atoms with E-state index in [1.54, 1.807) is 12.1 Å². The summed E-state index contributed by atoms with van der Waals surface area (Å²) in [6.07, 6.45) is 3.07. The molecule has 1 amide bonds. The maximum absolute atomic E-state index is 12.4. The van der Waals surface area contributed by atoms with E-state index in [1.165, 1.54) is 5.56 Å². The highest BCUT2D eigenvalue weighted by Crippen LogP contribution is 2.31. The fourth-order valence-corrected chi connectivity index (χ4v) is 5.76. The van der Waals surface area contributed by atoms with Crippen LogP contribution in [0.5, 0.6) is 0 Å². The number of benzene rings is 4. The average molecular weight is 607 g/mol. The summed E-state index contributed by atoms with van der Waals surface area (Å²) in [5.74, 6) is 0.328. The van der Waals surface area contributed by atoms with Gasteiger partial charge in [0.25, 0.3) is 5.91 Å². The van der Waals surface area contributed by atoms with E-state index < -0.39 is 15.9 Å². The Balaban J connectivity index is 1.54. The smallest absolute Gasteiger partial charge is 0.264 e. The largest absolute Gasteiger partial charge is 0.326 e. The van der Waals surface area contributed by atoms with Gasteiger partial charge in [-0.3, -0.25) is 9.69 Å². The van der Waals surface area contributed by atoms with E-state index in [0.29, 0.717) is 25.2 Å². The van der Waals surface area contributed by atoms with Crippen LogP contribution in [0.1, 0.15) is 46.9 Å². The molecule has 5 rings (SSSR count). The second-order valence-electron chi connectivity index (χ2n) is 11.0. The topological polar surface area (TPSA) is 84.3 Å². The lowest BCUT2D eigenvalue weighted by Crippen LogP contribution is -2.29. The number of imidazole rings is 1. The molecule has 226 valence electrons. The van der Waals surface area contributed by atoms with Crippen LogP contribution in [0, 0.1) is 0 Å². The Morgan fingerprint density at radius 3 is 1.86 bits per heavy atom. The Kier molecular flexibility index (Phi) is 10.0. The highest BCUT2D eigenvalue weighted by molar-refractivity contribution is 7.89. The van der Waals surface area contributed by atoms with Crippen molar-refractivity contribution < 1.29 is 13.2 Å². The minimum absolute atomic E-state index is 0.297. The van der Waals surface area contributed by atoms with Crippen LogP contribution < -0.4 is 4.72 Å². The summed E-state index contributed by atoms with van der Waals surface area (Å²) >= 11 is 0. The summed E-state index contributed by atoms with van der Waals surface area (Å²) in [6, 6.07) is 38.2. The molecule has 8 heteroatoms. The number of carbonyl (C=O) groups excluding carboxylic acids is 1. The number of aromatic nitrogens is 2. The summed E-state index contributed by atoms with van der Waals surface area (Å²) < 4.78 is 27.5. The SMILES string of the molecule is CCCCn1c(-c2ccccc2)nc(-c2ccccc2)c1CN(Cc1ccccc1)Cc1ccc(C(=O)NS(C)(=O)=O)cc1. The first-order valence-corrected chi connectivity index (χ1v) is 16.8. The van der Waals surface area contributed by atoms with Crippen LogP contribution in [-0.4, -0.2) is 35.0 Å². The lowest BCUT2D eigenvalue weighted by Gasteiger charge is -2.25. The maximum Gasteiger partial charge on any atom is 0.264 e. The van der Waals surface area contributed by atoms with E-state index in [0.717, 1.165) is 59.5 Å². The van der Waals surface area contributed by atoms with Crippen molar-refractivity contribution in [3.63, 3.8) is 0 Å². The zero-order valence-corrected chi connectivity index (χ0v) is 26.0. The Morgan fingerprint density at radius 2 is 1.30 bits per heavy atom. The van der Waals surface area contributed by atoms with Gasteiger partial charge in [0.2, 0.25) is 10.0 Å². The third kappa shape index (κ3) is 8.09. The van der Waals surface area contributed by atoms with Crippen LogP contribution in [0.15, 0.2) is 115 Å². The third-order valence-corrected chi connectivity index (χ3v) is 7.97. The molecule has 7 nitrogen and oxygen atoms in total. The van der Waals surface area contributed by atoms with Crippen molar-refractivity contribution in [2.24, 2.45) is 0 Å². The van der Waals surface area contributed by atoms with Crippen molar-refractivity contribution in [3.8, 4) is 22.6 Å². The summed E-state index contributed by atoms with van der Waals surface area (Å²) in [5, 5.41) is 0. The van der Waals surface area contributed by atoms with Crippen LogP contribution in [-0.2, 0) is 36.2 Å². The number of rotatable bonds is 13. The van der Waals surface area contributed by atoms with E-state index in [9.17, 15) is 13.2 Å². The first kappa shape index (κ1) is 30.9. The summed E-state index contributed by atoms with van der Waals surface area (Å²) in [7, 11) is -3.64. The van der Waals surface area contributed by atoms with Crippen molar-refractivity contribution >= 4 is 15.9 Å². The molecule has 0 radical (unpaired) electrons. The Labute approximate surface area is 260 Å². The van der Waals surface area contributed by atoms with Crippen LogP contribution in [0.3, 0.4) is 0 Å². The van der Waals surface area contributed by atoms with Crippen LogP contribution in [0.25, 0.3) is 22.6 Å². The molecule has 0 spiro atoms. The monoisotopic (exact) mass is 606 g/mol. The highest BCUT2D eigenvalue weighted by atomic mass is 32.2. The van der Waals surface area contributed by atoms with Gasteiger partial charge >= 0.3 is 0 Å². The standard InChI is InChI=1S/C36H38N4O3S/c1-3-4-24-40-33(34(30-16-10-6-11-17-30)37-35(40)31-18-12-7-13-19-31)27-39(25-28-14-8-5-9-15-28)26-29-20-22-32(23-21-29)36(41)38-44(2,42)43/h5-23H,3-4,24-27H2,1-2H3,(H,38,41). The molecule has 4 aromatic carbocycles. The van der Waals surface area contributed by atoms with Crippen LogP contribution in [0.2, 0.25) is 0 Å². The highest BCUT2D eigenvalue weighted by Gasteiger charge is 2.22. The summed E-state index contributed by atoms with van der Waals surface area (Å²) in [5.41, 5.74) is 6.81. The number of hydrogen-bond donors (Lipinski definition) is 1. The molecule has 1 N–H and O–H groups in total. The minimum atomic E-state index is -3.64. The number of sulfonamides is 1. The minimum Gasteiger partial charge on any atom is -0.326 e. The molecule has 0 fully saturated rings. The van der Waals surface area contributed by atoms with Gasteiger partial charge in [-0.1, -0.05) is 116 Å². The van der Waals surface area contributed by atoms with Gasteiger partial charge in [-0.15, -0.1) is 0 Å². The number of hydrogen-bond acceptors (Lipinski definition) is 5. The normalized spacial score (nSPS) is 11.5. The molecule has 1 heterocycles. The van der Waals surface area contributed by atoms with Crippen molar-refractivity contribution in [3.05, 3.63) is 138 Å². The van der Waals surface area contributed by atoms with E-state index in [1.807, 2.05) is 35.1 Å². The van der Waals surface area contributed by atoms with Crippen molar-refractivity contribution in [1.82, 2.24) is 19.2 Å². The van der Waals surface area contributed by atoms with E-state index in [2.05, 4.69) is 89.2 Å². The number of amides is 1. The molecular formula is C36H38N4O3S. The molecule has 0 saturated heterocycles. The Morgan fingerprint density at radius 1 is 0.750 bits per heavy atom. The summed E-state index contributed by atoms with van der Waals surface area (Å²) in [4.78, 5) is 20.0. The van der Waals surface area contributed by atoms with Gasteiger partial charge in [-0.05, 0) is 29.7 Å². The van der Waals surface area contributed by atoms with E-state index >= 15 is 0 Å². The quantitative estimate of drug-likeness (QED) is 0.158. The molecule has 0 aliphatic heterocycles. The molecule has 0 unspecified atom stereocenters. The van der Waals surface area contributed by atoms with Gasteiger partial charge in [0.05, 0.1) is 17.6 Å². The molecule has 0 aliphatic rings. The molecule has 0 atom stereocenters. The number of nitrogens with one attached hydrogen (secondary N) is 1. The van der Waals surface area contributed by atoms with Gasteiger partial charge in [0, 0.05) is 42.9 Å². The van der Waals surface area contributed by atoms with Crippen molar-refractivity contribution in [1.29, 1.82) is 0 Å². The van der Waals surface area contributed by atoms with Gasteiger partial charge in [0.1, 0.15) is 5.82 Å². The fraction of sp³-hybridized carbons (Fsp3) is 0.222. The number of unbranched alkanes of at least 4 members (excludes halogenated alkanes) is 1. The first-order chi connectivity index (χ1) is 21.3. The van der Waals surface area contributed by atoms with Crippen LogP contribution >= 0.6 is 0 Å². The van der Waals surface area contributed by atoms with Gasteiger partial charge in [-0.25, -0.2) is 18.1 Å². The number of carbonyl (C=O) groups is 1. The summed E-state index contributed by atoms with van der Waals surface area (Å²) in [6.45, 7) is 5.05. The lowest BCUT2D eigenvalue weighted by molar-refractivity contribution is 0.0981. The predicted octanol–water partition coefficient (Wildman–Crippen LogP) is 6.91. The van der Waals surface area contributed by atoms with Crippen molar-refractivity contribution in [2.45, 2.75) is 45.9 Å². The number of nitrogens with zero attached hydrogens (tertiary/aromatic N) is 3. The molecule has 1 aromatic heterocycles.